The maximum Gasteiger partial charge on any atom is 0.166 e. The first-order valence-electron chi connectivity index (χ1n) is 24.1. The highest BCUT2D eigenvalue weighted by Crippen LogP contribution is 2.71. The number of aromatic nitrogens is 2. The fraction of sp³-hybridized carbons (Fsp3) is 0.418. The number of para-hydroxylation sites is 1. The summed E-state index contributed by atoms with van der Waals surface area (Å²) < 4.78 is 18.5. The molecule has 10 heteroatoms. The van der Waals surface area contributed by atoms with Gasteiger partial charge in [-0.05, 0) is 123 Å². The maximum absolute atomic E-state index is 12.8. The molecule has 2 fully saturated rings. The molecule has 6 aliphatic heterocycles. The van der Waals surface area contributed by atoms with E-state index in [1.54, 1.807) is 12.1 Å². The number of aryl methyl sites for hydroxylation is 4. The first kappa shape index (κ1) is 36.7. The number of aromatic hydroxyl groups is 2. The van der Waals surface area contributed by atoms with E-state index in [1.165, 1.54) is 77.3 Å². The quantitative estimate of drug-likeness (QED) is 0.127. The van der Waals surface area contributed by atoms with Crippen LogP contribution in [-0.2, 0) is 62.4 Å². The van der Waals surface area contributed by atoms with Crippen LogP contribution in [0.5, 0.6) is 23.0 Å². The van der Waals surface area contributed by atoms with Crippen LogP contribution in [0, 0.1) is 0 Å². The Morgan fingerprint density at radius 3 is 1.77 bits per heavy atom. The van der Waals surface area contributed by atoms with Crippen LogP contribution in [0.2, 0.25) is 0 Å². The Morgan fingerprint density at radius 1 is 0.569 bits per heavy atom. The molecule has 0 amide bonds. The molecule has 17 rings (SSSR count). The van der Waals surface area contributed by atoms with Crippen molar-refractivity contribution in [2.75, 3.05) is 27.2 Å². The van der Waals surface area contributed by atoms with E-state index >= 15 is 0 Å². The molecule has 4 N–H and O–H groups in total. The van der Waals surface area contributed by atoms with Crippen LogP contribution >= 0.6 is 0 Å². The van der Waals surface area contributed by atoms with Crippen LogP contribution in [0.1, 0.15) is 87.4 Å². The molecule has 0 saturated carbocycles. The molecule has 8 heterocycles. The number of nitrogens with zero attached hydrogens (tertiary/aromatic N) is 4. The third-order valence-corrected chi connectivity index (χ3v) is 19.4. The number of piperidine rings is 2. The number of aliphatic hydroxyl groups is 2. The number of fused-ring (bicyclic) bond motifs is 8. The Labute approximate surface area is 376 Å². The lowest BCUT2D eigenvalue weighted by Crippen LogP contribution is -2.74. The molecule has 2 aromatic heterocycles. The molecule has 2 spiro atoms. The van der Waals surface area contributed by atoms with Crippen LogP contribution in [-0.4, -0.2) is 89.8 Å². The van der Waals surface area contributed by atoms with Gasteiger partial charge in [-0.1, -0.05) is 60.7 Å². The number of likely N-dealkylation sites (N-methyl/N-ethyl adjacent to an activating group) is 2. The smallest absolute Gasteiger partial charge is 0.166 e. The predicted octanol–water partition coefficient (Wildman–Crippen LogP) is 7.19. The molecule has 2 unspecified atom stereocenters. The van der Waals surface area contributed by atoms with E-state index in [1.807, 2.05) is 0 Å². The summed E-state index contributed by atoms with van der Waals surface area (Å²) >= 11 is 0. The number of benzene rings is 5. The van der Waals surface area contributed by atoms with Gasteiger partial charge in [0.15, 0.2) is 35.2 Å². The summed E-state index contributed by atoms with van der Waals surface area (Å²) in [5.41, 5.74) is 12.2. The molecule has 328 valence electrons. The molecule has 7 aromatic rings. The van der Waals surface area contributed by atoms with Crippen molar-refractivity contribution in [3.63, 3.8) is 0 Å². The molecule has 5 aromatic carbocycles. The van der Waals surface area contributed by atoms with E-state index in [-0.39, 0.29) is 35.8 Å². The third kappa shape index (κ3) is 3.84. The SMILES string of the molecule is CN1CC[C@]23c4c5ccc(O)c4OC2c2c(c4ccc6cccc7c6c4n2CC7)C[C@@]3(O)[C@H]1C5.CN1CC[C@]23c4c5ccc(O)c4OC2c2c(c4cccc6c4n2CCC6)C[C@@]3(O)[C@H]1C5. The third-order valence-electron chi connectivity index (χ3n) is 19.4. The largest absolute Gasteiger partial charge is 0.504 e. The van der Waals surface area contributed by atoms with E-state index in [0.717, 1.165) is 82.3 Å². The highest BCUT2D eigenvalue weighted by atomic mass is 16.5. The average molecular weight is 865 g/mol. The van der Waals surface area contributed by atoms with E-state index in [9.17, 15) is 20.4 Å². The molecule has 0 radical (unpaired) electrons. The number of likely N-dealkylation sites (tertiary alicyclic amines) is 2. The standard InChI is InChI=1S/C29H26N2O3.C26H26N2O3/c1-30-12-10-28-23-17-6-8-20(32)26(23)34-27(28)25-19(14-29(28,33)21(30)13-17)18-7-5-15-3-2-4-16-9-11-31(25)24(18)22(15)16;1-27-11-9-25-20-15-7-8-18(29)23(20)31-24(25)22-17(13-26(25,30)19(27)12-15)16-6-2-4-14-5-3-10-28(22)21(14)16/h2-8,21,27,32-33H,9-14H2,1H3;2,4,6-8,19,24,29-30H,3,5,9-13H2,1H3/t21-,27?,28+,29-;19-,24?,25+,26-/m11/s1. The van der Waals surface area contributed by atoms with Crippen LogP contribution in [0.3, 0.4) is 0 Å². The molecule has 8 atom stereocenters. The summed E-state index contributed by atoms with van der Waals surface area (Å²) in [4.78, 5) is 4.70. The van der Waals surface area contributed by atoms with Gasteiger partial charge >= 0.3 is 0 Å². The van der Waals surface area contributed by atoms with Crippen LogP contribution in [0.15, 0.2) is 72.8 Å². The Morgan fingerprint density at radius 2 is 1.14 bits per heavy atom. The summed E-state index contributed by atoms with van der Waals surface area (Å²) in [5.74, 6) is 1.63. The van der Waals surface area contributed by atoms with Crippen molar-refractivity contribution in [3.05, 3.63) is 129 Å². The van der Waals surface area contributed by atoms with Gasteiger partial charge < -0.3 is 48.8 Å². The topological polar surface area (TPSA) is 116 Å². The van der Waals surface area contributed by atoms with Gasteiger partial charge in [0.05, 0.1) is 44.5 Å². The van der Waals surface area contributed by atoms with Crippen LogP contribution < -0.4 is 9.47 Å². The van der Waals surface area contributed by atoms with E-state index in [2.05, 4.69) is 93.7 Å². The fourth-order valence-electron chi connectivity index (χ4n) is 16.8. The lowest BCUT2D eigenvalue weighted by molar-refractivity contribution is -0.168. The second-order valence-electron chi connectivity index (χ2n) is 21.6. The first-order chi connectivity index (χ1) is 31.6. The molecule has 4 aliphatic carbocycles. The normalized spacial score (nSPS) is 33.2. The van der Waals surface area contributed by atoms with Crippen molar-refractivity contribution in [1.29, 1.82) is 0 Å². The zero-order chi connectivity index (χ0) is 43.3. The highest BCUT2D eigenvalue weighted by molar-refractivity contribution is 6.10. The zero-order valence-electron chi connectivity index (χ0n) is 36.8. The van der Waals surface area contributed by atoms with Crippen molar-refractivity contribution in [2.24, 2.45) is 0 Å². The van der Waals surface area contributed by atoms with Crippen molar-refractivity contribution in [1.82, 2.24) is 18.9 Å². The number of hydrogen-bond acceptors (Lipinski definition) is 8. The number of phenols is 2. The van der Waals surface area contributed by atoms with Gasteiger partial charge in [-0.3, -0.25) is 0 Å². The fourth-order valence-corrected chi connectivity index (χ4v) is 16.8. The lowest BCUT2D eigenvalue weighted by atomic mass is 9.49. The minimum absolute atomic E-state index is 0.0306. The molecule has 10 aliphatic rings. The van der Waals surface area contributed by atoms with E-state index in [4.69, 9.17) is 9.47 Å². The Kier molecular flexibility index (Phi) is 6.50. The Bertz CT molecular complexity index is 3390. The monoisotopic (exact) mass is 864 g/mol. The number of phenolic OH excluding ortho intramolecular Hbond substituents is 2. The van der Waals surface area contributed by atoms with Gasteiger partial charge in [-0.25, -0.2) is 0 Å². The molecule has 4 bridgehead atoms. The first-order valence-corrected chi connectivity index (χ1v) is 24.1. The molecule has 10 nitrogen and oxygen atoms in total. The van der Waals surface area contributed by atoms with Crippen molar-refractivity contribution >= 4 is 32.6 Å². The van der Waals surface area contributed by atoms with Gasteiger partial charge in [0.1, 0.15) is 0 Å². The molecular formula is C55H52N4O6. The van der Waals surface area contributed by atoms with Crippen molar-refractivity contribution < 1.29 is 29.9 Å². The zero-order valence-corrected chi connectivity index (χ0v) is 36.8. The van der Waals surface area contributed by atoms with Gasteiger partial charge in [0, 0.05) is 65.3 Å². The second-order valence-corrected chi connectivity index (χ2v) is 21.6. The number of rotatable bonds is 0. The molecular weight excluding hydrogens is 813 g/mol. The number of ether oxygens (including phenoxy) is 2. The summed E-state index contributed by atoms with van der Waals surface area (Å²) in [5, 5.41) is 52.3. The van der Waals surface area contributed by atoms with Gasteiger partial charge in [0.2, 0.25) is 0 Å². The summed E-state index contributed by atoms with van der Waals surface area (Å²) in [6.07, 6.45) is 7.25. The van der Waals surface area contributed by atoms with Gasteiger partial charge in [-0.15, -0.1) is 0 Å². The Hall–Kier alpha value is -5.52. The van der Waals surface area contributed by atoms with Crippen molar-refractivity contribution in [3.8, 4) is 23.0 Å². The lowest BCUT2D eigenvalue weighted by Gasteiger charge is -2.62. The predicted molar refractivity (Wildman–Crippen MR) is 247 cm³/mol. The summed E-state index contributed by atoms with van der Waals surface area (Å²) in [6.45, 7) is 3.77. The average Bonchev–Trinajstić information content (AvgIpc) is 4.03. The number of hydrogen-bond donors (Lipinski definition) is 4. The van der Waals surface area contributed by atoms with Crippen molar-refractivity contribution in [2.45, 2.75) is 117 Å². The Balaban J connectivity index is 0.000000116. The van der Waals surface area contributed by atoms with E-state index in [0.29, 0.717) is 24.3 Å². The maximum atomic E-state index is 12.8. The van der Waals surface area contributed by atoms with Gasteiger partial charge in [-0.2, -0.15) is 0 Å². The molecule has 2 saturated heterocycles. The highest BCUT2D eigenvalue weighted by Gasteiger charge is 2.74. The second kappa shape index (κ2) is 11.5. The van der Waals surface area contributed by atoms with Crippen LogP contribution in [0.4, 0.5) is 0 Å². The van der Waals surface area contributed by atoms with E-state index < -0.39 is 22.0 Å². The minimum atomic E-state index is -0.939. The minimum Gasteiger partial charge on any atom is -0.504 e. The van der Waals surface area contributed by atoms with Gasteiger partial charge in [0.25, 0.3) is 0 Å². The molecule has 65 heavy (non-hydrogen) atoms. The summed E-state index contributed by atoms with van der Waals surface area (Å²) in [7, 11) is 4.30. The van der Waals surface area contributed by atoms with Crippen LogP contribution in [0.25, 0.3) is 32.6 Å². The summed E-state index contributed by atoms with van der Waals surface area (Å²) in [6, 6.07) is 25.5.